The predicted octanol–water partition coefficient (Wildman–Crippen LogP) is 4.71. The molecule has 0 saturated carbocycles. The fraction of sp³-hybridized carbons (Fsp3) is 0.325. The van der Waals surface area contributed by atoms with Crippen LogP contribution in [0.15, 0.2) is 66.7 Å². The number of hydrogen-bond acceptors (Lipinski definition) is 9. The van der Waals surface area contributed by atoms with Gasteiger partial charge in [0, 0.05) is 49.6 Å². The molecular formula is C40H40F2N8O7S. The van der Waals surface area contributed by atoms with E-state index in [1.54, 1.807) is 48.1 Å². The Kier molecular flexibility index (Phi) is 10.3. The summed E-state index contributed by atoms with van der Waals surface area (Å²) in [7, 11) is -2.60. The Bertz CT molecular complexity index is 2580. The Labute approximate surface area is 331 Å². The SMILES string of the molecule is Cn1nc(C2CCC(=O)NC2=O)c2cc(F)c(N3CCC(CCNC(=O)Nc4ccc5c(F)c(N6CC(=O)NS6(=O)=O)c(OCc6ccccc6)cc5c4)CC3)cc21. The molecule has 0 radical (unpaired) electrons. The summed E-state index contributed by atoms with van der Waals surface area (Å²) in [6.45, 7) is 0.998. The van der Waals surface area contributed by atoms with Crippen LogP contribution in [0, 0.1) is 17.6 Å². The van der Waals surface area contributed by atoms with Crippen LogP contribution in [-0.4, -0.2) is 68.1 Å². The van der Waals surface area contributed by atoms with Gasteiger partial charge in [-0.3, -0.25) is 24.4 Å². The summed E-state index contributed by atoms with van der Waals surface area (Å²) in [4.78, 5) is 51.1. The number of rotatable bonds is 10. The smallest absolute Gasteiger partial charge is 0.326 e. The van der Waals surface area contributed by atoms with Crippen molar-refractivity contribution in [3.63, 3.8) is 0 Å². The van der Waals surface area contributed by atoms with E-state index in [-0.39, 0.29) is 36.0 Å². The van der Waals surface area contributed by atoms with Crippen molar-refractivity contribution in [3.8, 4) is 5.75 Å². The van der Waals surface area contributed by atoms with Gasteiger partial charge < -0.3 is 20.3 Å². The second-order valence-corrected chi connectivity index (χ2v) is 16.3. The molecule has 1 unspecified atom stereocenters. The van der Waals surface area contributed by atoms with Gasteiger partial charge in [-0.05, 0) is 78.9 Å². The lowest BCUT2D eigenvalue weighted by Gasteiger charge is -2.34. The highest BCUT2D eigenvalue weighted by atomic mass is 32.2. The van der Waals surface area contributed by atoms with Gasteiger partial charge in [-0.25, -0.2) is 22.6 Å². The third-order valence-corrected chi connectivity index (χ3v) is 12.3. The predicted molar refractivity (Wildman–Crippen MR) is 211 cm³/mol. The van der Waals surface area contributed by atoms with Crippen LogP contribution in [0.1, 0.15) is 49.3 Å². The topological polar surface area (TPSA) is 184 Å². The monoisotopic (exact) mass is 814 g/mol. The average Bonchev–Trinajstić information content (AvgIpc) is 3.65. The van der Waals surface area contributed by atoms with Gasteiger partial charge in [-0.15, -0.1) is 0 Å². The van der Waals surface area contributed by atoms with Gasteiger partial charge in [0.25, 0.3) is 5.91 Å². The molecule has 4 N–H and O–H groups in total. The van der Waals surface area contributed by atoms with Crippen LogP contribution in [0.4, 0.5) is 30.6 Å². The van der Waals surface area contributed by atoms with Crippen LogP contribution >= 0.6 is 0 Å². The zero-order chi connectivity index (χ0) is 40.7. The summed E-state index contributed by atoms with van der Waals surface area (Å²) in [5, 5.41) is 13.5. The van der Waals surface area contributed by atoms with E-state index in [0.717, 1.165) is 18.4 Å². The van der Waals surface area contributed by atoms with Crippen molar-refractivity contribution in [2.45, 2.75) is 44.6 Å². The van der Waals surface area contributed by atoms with Crippen molar-refractivity contribution in [1.82, 2.24) is 25.1 Å². The van der Waals surface area contributed by atoms with Crippen LogP contribution in [0.5, 0.6) is 5.75 Å². The van der Waals surface area contributed by atoms with Gasteiger partial charge in [0.15, 0.2) is 5.82 Å². The number of piperidine rings is 2. The quantitative estimate of drug-likeness (QED) is 0.145. The van der Waals surface area contributed by atoms with Gasteiger partial charge in [0.2, 0.25) is 11.8 Å². The highest BCUT2D eigenvalue weighted by Gasteiger charge is 2.38. The molecule has 302 valence electrons. The minimum atomic E-state index is -4.35. The Balaban J connectivity index is 0.884. The number of nitrogens with one attached hydrogen (secondary N) is 4. The number of halogens is 2. The number of fused-ring (bicyclic) bond motifs is 2. The van der Waals surface area contributed by atoms with Crippen LogP contribution in [0.3, 0.4) is 0 Å². The molecule has 3 aliphatic rings. The molecule has 5 amide bonds. The number of amides is 5. The van der Waals surface area contributed by atoms with E-state index >= 15 is 8.78 Å². The van der Waals surface area contributed by atoms with Gasteiger partial charge in [0.1, 0.15) is 30.4 Å². The van der Waals surface area contributed by atoms with E-state index in [1.807, 2.05) is 15.7 Å². The molecule has 18 heteroatoms. The van der Waals surface area contributed by atoms with E-state index in [0.29, 0.717) is 70.1 Å². The number of anilines is 3. The molecule has 3 fully saturated rings. The maximum absolute atomic E-state index is 16.1. The van der Waals surface area contributed by atoms with Gasteiger partial charge in [-0.2, -0.15) is 13.5 Å². The summed E-state index contributed by atoms with van der Waals surface area (Å²) in [5.74, 6) is -3.29. The lowest BCUT2D eigenvalue weighted by Crippen LogP contribution is -2.39. The molecule has 0 aliphatic carbocycles. The molecular weight excluding hydrogens is 775 g/mol. The molecule has 0 bridgehead atoms. The normalized spacial score (nSPS) is 18.4. The fourth-order valence-electron chi connectivity index (χ4n) is 7.90. The van der Waals surface area contributed by atoms with E-state index in [9.17, 15) is 27.6 Å². The van der Waals surface area contributed by atoms with E-state index in [2.05, 4.69) is 21.0 Å². The Morgan fingerprint density at radius 1 is 0.966 bits per heavy atom. The number of hydrogen-bond donors (Lipinski definition) is 4. The van der Waals surface area contributed by atoms with E-state index in [4.69, 9.17) is 4.74 Å². The van der Waals surface area contributed by atoms with E-state index in [1.165, 1.54) is 24.3 Å². The molecule has 58 heavy (non-hydrogen) atoms. The molecule has 4 heterocycles. The number of urea groups is 1. The Hall–Kier alpha value is -6.30. The molecule has 5 aromatic rings. The van der Waals surface area contributed by atoms with Crippen LogP contribution < -0.4 is 34.6 Å². The minimum Gasteiger partial charge on any atom is -0.487 e. The summed E-state index contributed by atoms with van der Waals surface area (Å²) in [6, 6.07) is 17.7. The summed E-state index contributed by atoms with van der Waals surface area (Å²) >= 11 is 0. The fourth-order valence-corrected chi connectivity index (χ4v) is 9.06. The second-order valence-electron chi connectivity index (χ2n) is 14.7. The molecule has 0 spiro atoms. The number of nitrogens with zero attached hydrogens (tertiary/aromatic N) is 4. The number of ether oxygens (including phenoxy) is 1. The third-order valence-electron chi connectivity index (χ3n) is 10.9. The lowest BCUT2D eigenvalue weighted by molar-refractivity contribution is -0.134. The van der Waals surface area contributed by atoms with Crippen molar-refractivity contribution < 1.29 is 41.1 Å². The van der Waals surface area contributed by atoms with Crippen molar-refractivity contribution >= 4 is 72.7 Å². The van der Waals surface area contributed by atoms with Crippen LogP contribution in [0.25, 0.3) is 21.7 Å². The maximum atomic E-state index is 16.1. The first kappa shape index (κ1) is 38.6. The summed E-state index contributed by atoms with van der Waals surface area (Å²) in [5.41, 5.74) is 2.33. The maximum Gasteiger partial charge on any atom is 0.326 e. The van der Waals surface area contributed by atoms with Gasteiger partial charge in [0.05, 0.1) is 22.8 Å². The first-order valence-electron chi connectivity index (χ1n) is 18.9. The largest absolute Gasteiger partial charge is 0.487 e. The van der Waals surface area contributed by atoms with Gasteiger partial charge >= 0.3 is 16.2 Å². The Morgan fingerprint density at radius 2 is 1.74 bits per heavy atom. The Morgan fingerprint density at radius 3 is 2.47 bits per heavy atom. The highest BCUT2D eigenvalue weighted by Crippen LogP contribution is 2.41. The third kappa shape index (κ3) is 7.70. The number of benzene rings is 4. The van der Waals surface area contributed by atoms with Crippen LogP contribution in [0.2, 0.25) is 0 Å². The molecule has 3 saturated heterocycles. The molecule has 1 atom stereocenters. The number of carbonyl (C=O) groups is 4. The number of aryl methyl sites for hydroxylation is 1. The number of carbonyl (C=O) groups excluding carboxylic acids is 4. The van der Waals surface area contributed by atoms with Crippen LogP contribution in [-0.2, 0) is 38.2 Å². The zero-order valence-electron chi connectivity index (χ0n) is 31.4. The van der Waals surface area contributed by atoms with Crippen molar-refractivity contribution in [2.24, 2.45) is 13.0 Å². The number of aromatic nitrogens is 2. The lowest BCUT2D eigenvalue weighted by atomic mass is 9.92. The second kappa shape index (κ2) is 15.6. The zero-order valence-corrected chi connectivity index (χ0v) is 32.2. The molecule has 3 aliphatic heterocycles. The molecule has 1 aromatic heterocycles. The number of imide groups is 1. The minimum absolute atomic E-state index is 0.000305. The first-order valence-corrected chi connectivity index (χ1v) is 20.3. The molecule has 15 nitrogen and oxygen atoms in total. The van der Waals surface area contributed by atoms with E-state index < -0.39 is 57.8 Å². The standard InChI is InChI=1S/C40H40F2N8O7S/c1-48-31-20-32(30(41)19-29(31)37(46-48)28-9-10-34(51)45-39(28)53)49-15-12-23(13-16-49)11-14-43-40(54)44-26-7-8-27-25(17-26)18-33(57-22-24-5-3-2-4-6-24)38(36(27)42)50-21-35(52)47-58(50,55)56/h2-8,17-20,23,28H,9-16,21-22H2,1H3,(H,47,52)(H2,43,44,54)(H,45,51,53). The summed E-state index contributed by atoms with van der Waals surface area (Å²) < 4.78 is 67.3. The molecule has 8 rings (SSSR count). The van der Waals surface area contributed by atoms with Gasteiger partial charge in [-0.1, -0.05) is 30.3 Å². The first-order chi connectivity index (χ1) is 27.8. The van der Waals surface area contributed by atoms with Crippen molar-refractivity contribution in [2.75, 3.05) is 40.7 Å². The molecule has 4 aromatic carbocycles. The van der Waals surface area contributed by atoms with Crippen molar-refractivity contribution in [3.05, 3.63) is 89.6 Å². The van der Waals surface area contributed by atoms with Crippen molar-refractivity contribution in [1.29, 1.82) is 0 Å². The summed E-state index contributed by atoms with van der Waals surface area (Å²) in [6.07, 6.45) is 2.78. The highest BCUT2D eigenvalue weighted by molar-refractivity contribution is 7.92. The average molecular weight is 815 g/mol.